The molecule has 4 aromatic rings. The lowest BCUT2D eigenvalue weighted by atomic mass is 10.2. The molecule has 0 N–H and O–H groups in total. The van der Waals surface area contributed by atoms with Gasteiger partial charge >= 0.3 is 0 Å². The first-order valence-electron chi connectivity index (χ1n) is 10.4. The highest BCUT2D eigenvalue weighted by molar-refractivity contribution is 7.13. The molecule has 0 spiro atoms. The Balaban J connectivity index is 1.27. The SMILES string of the molecule is CC(C(=O)N1CCN(c2cc(-n3cncn3)ncn2)CC1)n1nc(-c2cccs2)ccc1=O. The molecule has 1 atom stereocenters. The van der Waals surface area contributed by atoms with Crippen molar-refractivity contribution in [3.63, 3.8) is 0 Å². The minimum Gasteiger partial charge on any atom is -0.353 e. The Hall–Kier alpha value is -3.93. The number of rotatable bonds is 5. The minimum atomic E-state index is -0.693. The number of amides is 1. The van der Waals surface area contributed by atoms with Crippen molar-refractivity contribution in [3.8, 4) is 16.4 Å². The summed E-state index contributed by atoms with van der Waals surface area (Å²) in [6, 6.07) is 8.17. The maximum atomic E-state index is 13.2. The molecular weight excluding hydrogens is 442 g/mol. The Kier molecular flexibility index (Phi) is 5.65. The van der Waals surface area contributed by atoms with E-state index in [0.29, 0.717) is 37.7 Å². The van der Waals surface area contributed by atoms with E-state index < -0.39 is 6.04 Å². The van der Waals surface area contributed by atoms with Crippen molar-refractivity contribution in [2.24, 2.45) is 0 Å². The van der Waals surface area contributed by atoms with Gasteiger partial charge in [0.15, 0.2) is 5.82 Å². The number of hydrogen-bond donors (Lipinski definition) is 0. The molecule has 11 nitrogen and oxygen atoms in total. The fraction of sp³-hybridized carbons (Fsp3) is 0.286. The van der Waals surface area contributed by atoms with Crippen LogP contribution in [0, 0.1) is 0 Å². The molecule has 1 aliphatic rings. The van der Waals surface area contributed by atoms with Gasteiger partial charge in [0.2, 0.25) is 5.91 Å². The van der Waals surface area contributed by atoms with Crippen LogP contribution in [-0.2, 0) is 4.79 Å². The third kappa shape index (κ3) is 4.24. The summed E-state index contributed by atoms with van der Waals surface area (Å²) < 4.78 is 2.85. The molecule has 12 heteroatoms. The summed E-state index contributed by atoms with van der Waals surface area (Å²) in [5.74, 6) is 1.26. The fourth-order valence-corrected chi connectivity index (χ4v) is 4.44. The molecule has 1 fully saturated rings. The van der Waals surface area contributed by atoms with Gasteiger partial charge in [-0.15, -0.1) is 11.3 Å². The first-order valence-corrected chi connectivity index (χ1v) is 11.3. The normalized spacial score (nSPS) is 14.9. The van der Waals surface area contributed by atoms with E-state index in [9.17, 15) is 9.59 Å². The maximum absolute atomic E-state index is 13.2. The first kappa shape index (κ1) is 20.9. The smallest absolute Gasteiger partial charge is 0.267 e. The molecule has 0 aromatic carbocycles. The first-order chi connectivity index (χ1) is 16.1. The van der Waals surface area contributed by atoms with Crippen molar-refractivity contribution >= 4 is 23.1 Å². The van der Waals surface area contributed by atoms with Gasteiger partial charge in [-0.3, -0.25) is 9.59 Å². The standard InChI is InChI=1S/C21H21N9O2S/c1-15(30-20(31)5-4-16(26-30)17-3-2-10-33-17)21(32)28-8-6-27(7-9-28)18-11-19(24-13-23-18)29-14-22-12-25-29/h2-5,10-15H,6-9H2,1H3. The lowest BCUT2D eigenvalue weighted by molar-refractivity contribution is -0.135. The Labute approximate surface area is 193 Å². The summed E-state index contributed by atoms with van der Waals surface area (Å²) in [5, 5.41) is 10.5. The summed E-state index contributed by atoms with van der Waals surface area (Å²) in [7, 11) is 0. The Bertz CT molecular complexity index is 1300. The monoisotopic (exact) mass is 463 g/mol. The molecule has 0 saturated carbocycles. The molecule has 1 unspecified atom stereocenters. The lowest BCUT2D eigenvalue weighted by Crippen LogP contribution is -2.51. The second-order valence-electron chi connectivity index (χ2n) is 7.54. The molecule has 1 amide bonds. The molecule has 1 aliphatic heterocycles. The van der Waals surface area contributed by atoms with Crippen molar-refractivity contribution in [1.82, 2.24) is 39.4 Å². The van der Waals surface area contributed by atoms with Crippen LogP contribution in [0.3, 0.4) is 0 Å². The average Bonchev–Trinajstić information content (AvgIpc) is 3.59. The van der Waals surface area contributed by atoms with E-state index in [-0.39, 0.29) is 11.5 Å². The summed E-state index contributed by atoms with van der Waals surface area (Å²) in [6.45, 7) is 3.99. The number of thiophene rings is 1. The Morgan fingerprint density at radius 1 is 1.06 bits per heavy atom. The fourth-order valence-electron chi connectivity index (χ4n) is 3.75. The van der Waals surface area contributed by atoms with Gasteiger partial charge in [-0.25, -0.2) is 24.3 Å². The quantitative estimate of drug-likeness (QED) is 0.434. The third-order valence-corrected chi connectivity index (χ3v) is 6.42. The van der Waals surface area contributed by atoms with Crippen LogP contribution < -0.4 is 10.5 Å². The van der Waals surface area contributed by atoms with Crippen LogP contribution in [0.1, 0.15) is 13.0 Å². The van der Waals surface area contributed by atoms with Gasteiger partial charge in [0, 0.05) is 38.3 Å². The summed E-state index contributed by atoms with van der Waals surface area (Å²) in [6.07, 6.45) is 4.52. The summed E-state index contributed by atoms with van der Waals surface area (Å²) in [5.41, 5.74) is 0.387. The molecule has 1 saturated heterocycles. The van der Waals surface area contributed by atoms with Gasteiger partial charge < -0.3 is 9.80 Å². The molecule has 5 heterocycles. The van der Waals surface area contributed by atoms with Crippen molar-refractivity contribution in [1.29, 1.82) is 0 Å². The van der Waals surface area contributed by atoms with Crippen LogP contribution in [0.4, 0.5) is 5.82 Å². The lowest BCUT2D eigenvalue weighted by Gasteiger charge is -2.36. The predicted octanol–water partition coefficient (Wildman–Crippen LogP) is 1.25. The van der Waals surface area contributed by atoms with E-state index in [1.165, 1.54) is 34.7 Å². The molecule has 168 valence electrons. The van der Waals surface area contributed by atoms with Crippen LogP contribution >= 0.6 is 11.3 Å². The average molecular weight is 464 g/mol. The van der Waals surface area contributed by atoms with Crippen LogP contribution in [-0.4, -0.2) is 71.5 Å². The number of piperazine rings is 1. The topological polar surface area (TPSA) is 115 Å². The summed E-state index contributed by atoms with van der Waals surface area (Å²) in [4.78, 5) is 43.0. The van der Waals surface area contributed by atoms with E-state index >= 15 is 0 Å². The van der Waals surface area contributed by atoms with E-state index in [1.54, 1.807) is 28.9 Å². The zero-order valence-corrected chi connectivity index (χ0v) is 18.7. The Morgan fingerprint density at radius 3 is 2.61 bits per heavy atom. The molecule has 0 aliphatic carbocycles. The van der Waals surface area contributed by atoms with Gasteiger partial charge in [-0.1, -0.05) is 6.07 Å². The number of nitrogens with zero attached hydrogens (tertiary/aromatic N) is 9. The second-order valence-corrected chi connectivity index (χ2v) is 8.49. The molecular formula is C21H21N9O2S. The van der Waals surface area contributed by atoms with Crippen molar-refractivity contribution in [2.75, 3.05) is 31.1 Å². The van der Waals surface area contributed by atoms with Gasteiger partial charge in [0.05, 0.1) is 4.88 Å². The number of carbonyl (C=O) groups excluding carboxylic acids is 1. The molecule has 0 bridgehead atoms. The van der Waals surface area contributed by atoms with Gasteiger partial charge in [-0.2, -0.15) is 10.2 Å². The van der Waals surface area contributed by atoms with Crippen molar-refractivity contribution < 1.29 is 4.79 Å². The van der Waals surface area contributed by atoms with Crippen molar-refractivity contribution in [2.45, 2.75) is 13.0 Å². The van der Waals surface area contributed by atoms with Crippen molar-refractivity contribution in [3.05, 3.63) is 65.0 Å². The second kappa shape index (κ2) is 8.90. The molecule has 5 rings (SSSR count). The molecule has 0 radical (unpaired) electrons. The molecule has 33 heavy (non-hydrogen) atoms. The van der Waals surface area contributed by atoms with Crippen LogP contribution in [0.15, 0.2) is 59.5 Å². The zero-order valence-electron chi connectivity index (χ0n) is 17.9. The highest BCUT2D eigenvalue weighted by Crippen LogP contribution is 2.22. The van der Waals surface area contributed by atoms with Crippen LogP contribution in [0.2, 0.25) is 0 Å². The van der Waals surface area contributed by atoms with Gasteiger partial charge in [0.1, 0.15) is 36.5 Å². The van der Waals surface area contributed by atoms with Crippen LogP contribution in [0.25, 0.3) is 16.4 Å². The van der Waals surface area contributed by atoms with Crippen LogP contribution in [0.5, 0.6) is 0 Å². The largest absolute Gasteiger partial charge is 0.353 e. The predicted molar refractivity (Wildman–Crippen MR) is 122 cm³/mol. The number of aromatic nitrogens is 7. The van der Waals surface area contributed by atoms with E-state index in [2.05, 4.69) is 30.0 Å². The number of carbonyl (C=O) groups is 1. The maximum Gasteiger partial charge on any atom is 0.267 e. The van der Waals surface area contributed by atoms with Gasteiger partial charge in [0.25, 0.3) is 5.56 Å². The third-order valence-electron chi connectivity index (χ3n) is 5.53. The van der Waals surface area contributed by atoms with E-state index in [4.69, 9.17) is 0 Å². The highest BCUT2D eigenvalue weighted by Gasteiger charge is 2.28. The zero-order chi connectivity index (χ0) is 22.8. The minimum absolute atomic E-state index is 0.126. The number of hydrogen-bond acceptors (Lipinski definition) is 9. The Morgan fingerprint density at radius 2 is 1.88 bits per heavy atom. The molecule has 4 aromatic heterocycles. The number of anilines is 1. The van der Waals surface area contributed by atoms with E-state index in [0.717, 1.165) is 10.7 Å². The van der Waals surface area contributed by atoms with E-state index in [1.807, 2.05) is 23.6 Å². The van der Waals surface area contributed by atoms with Gasteiger partial charge in [-0.05, 0) is 24.4 Å². The highest BCUT2D eigenvalue weighted by atomic mass is 32.1. The summed E-state index contributed by atoms with van der Waals surface area (Å²) >= 11 is 1.54.